The molecule has 0 aliphatic carbocycles. The normalized spacial score (nSPS) is 10.5. The molecule has 0 amide bonds. The number of nitro benzene ring substituents is 1. The van der Waals surface area contributed by atoms with E-state index in [1.807, 2.05) is 19.0 Å². The van der Waals surface area contributed by atoms with Gasteiger partial charge in [-0.05, 0) is 39.2 Å². The Balaban J connectivity index is 2.80. The molecule has 0 saturated heterocycles. The minimum atomic E-state index is -1.11. The summed E-state index contributed by atoms with van der Waals surface area (Å²) in [6.07, 6.45) is 0.807. The number of benzene rings is 1. The Kier molecular flexibility index (Phi) is 5.25. The van der Waals surface area contributed by atoms with Gasteiger partial charge in [0, 0.05) is 12.6 Å². The van der Waals surface area contributed by atoms with Crippen molar-refractivity contribution in [1.82, 2.24) is 4.90 Å². The molecule has 0 fully saturated rings. The molecule has 1 aromatic carbocycles. The number of nitro groups is 1. The third-order valence-corrected chi connectivity index (χ3v) is 2.54. The molecule has 104 valence electrons. The Morgan fingerprint density at radius 2 is 2.16 bits per heavy atom. The summed E-state index contributed by atoms with van der Waals surface area (Å²) in [6.45, 7) is 1.39. The van der Waals surface area contributed by atoms with Crippen LogP contribution in [0.4, 0.5) is 11.4 Å². The van der Waals surface area contributed by atoms with Crippen LogP contribution in [-0.4, -0.2) is 48.1 Å². The van der Waals surface area contributed by atoms with Crippen LogP contribution in [-0.2, 0) is 0 Å². The van der Waals surface area contributed by atoms with Crippen molar-refractivity contribution in [2.24, 2.45) is 0 Å². The Hall–Kier alpha value is -2.15. The minimum absolute atomic E-state index is 0.0284. The molecule has 1 rings (SSSR count). The van der Waals surface area contributed by atoms with Crippen LogP contribution in [0.3, 0.4) is 0 Å². The fourth-order valence-corrected chi connectivity index (χ4v) is 1.59. The molecule has 19 heavy (non-hydrogen) atoms. The molecule has 0 saturated carbocycles. The third kappa shape index (κ3) is 4.55. The summed E-state index contributed by atoms with van der Waals surface area (Å²) < 4.78 is 0. The molecule has 0 radical (unpaired) electrons. The molecule has 0 aromatic heterocycles. The van der Waals surface area contributed by atoms with E-state index in [0.717, 1.165) is 13.0 Å². The van der Waals surface area contributed by atoms with Crippen LogP contribution in [0.1, 0.15) is 16.8 Å². The highest BCUT2D eigenvalue weighted by atomic mass is 16.6. The van der Waals surface area contributed by atoms with E-state index >= 15 is 0 Å². The minimum Gasteiger partial charge on any atom is -0.478 e. The number of rotatable bonds is 7. The molecule has 2 N–H and O–H groups in total. The van der Waals surface area contributed by atoms with E-state index in [2.05, 4.69) is 5.32 Å². The summed E-state index contributed by atoms with van der Waals surface area (Å²) in [7, 11) is 3.88. The number of nitrogens with zero attached hydrogens (tertiary/aromatic N) is 2. The van der Waals surface area contributed by atoms with E-state index in [4.69, 9.17) is 5.11 Å². The van der Waals surface area contributed by atoms with Gasteiger partial charge in [-0.3, -0.25) is 10.1 Å². The molecular formula is C12H17N3O4. The van der Waals surface area contributed by atoms with Gasteiger partial charge in [-0.2, -0.15) is 0 Å². The van der Waals surface area contributed by atoms with Crippen molar-refractivity contribution in [3.63, 3.8) is 0 Å². The van der Waals surface area contributed by atoms with Gasteiger partial charge >= 0.3 is 5.97 Å². The summed E-state index contributed by atoms with van der Waals surface area (Å²) in [4.78, 5) is 23.2. The molecule has 7 nitrogen and oxygen atoms in total. The summed E-state index contributed by atoms with van der Waals surface area (Å²) in [5.74, 6) is -1.11. The molecule has 1 aromatic rings. The molecule has 0 aliphatic rings. The molecule has 0 atom stereocenters. The Labute approximate surface area is 111 Å². The van der Waals surface area contributed by atoms with E-state index in [0.29, 0.717) is 6.54 Å². The topological polar surface area (TPSA) is 95.7 Å². The maximum Gasteiger partial charge on any atom is 0.335 e. The van der Waals surface area contributed by atoms with Crippen LogP contribution >= 0.6 is 0 Å². The van der Waals surface area contributed by atoms with Gasteiger partial charge in [-0.15, -0.1) is 0 Å². The third-order valence-electron chi connectivity index (χ3n) is 2.54. The first-order valence-corrected chi connectivity index (χ1v) is 5.82. The zero-order valence-electron chi connectivity index (χ0n) is 10.9. The van der Waals surface area contributed by atoms with Crippen molar-refractivity contribution in [1.29, 1.82) is 0 Å². The number of hydrogen-bond acceptors (Lipinski definition) is 5. The van der Waals surface area contributed by atoms with Gasteiger partial charge in [0.1, 0.15) is 5.69 Å². The van der Waals surface area contributed by atoms with Crippen molar-refractivity contribution in [2.45, 2.75) is 6.42 Å². The molecule has 0 heterocycles. The lowest BCUT2D eigenvalue weighted by Crippen LogP contribution is -2.16. The van der Waals surface area contributed by atoms with Crippen molar-refractivity contribution in [2.75, 3.05) is 32.5 Å². The van der Waals surface area contributed by atoms with Crippen LogP contribution in [0.2, 0.25) is 0 Å². The van der Waals surface area contributed by atoms with Crippen molar-refractivity contribution >= 4 is 17.3 Å². The van der Waals surface area contributed by atoms with Gasteiger partial charge in [-0.25, -0.2) is 4.79 Å². The second-order valence-corrected chi connectivity index (χ2v) is 4.38. The Bertz CT molecular complexity index is 474. The van der Waals surface area contributed by atoms with Gasteiger partial charge < -0.3 is 15.3 Å². The van der Waals surface area contributed by atoms with Crippen molar-refractivity contribution in [3.8, 4) is 0 Å². The van der Waals surface area contributed by atoms with Gasteiger partial charge in [0.05, 0.1) is 10.5 Å². The SMILES string of the molecule is CN(C)CCCNc1cc(C(=O)O)ccc1[N+](=O)[O-]. The predicted molar refractivity (Wildman–Crippen MR) is 71.7 cm³/mol. The molecule has 0 spiro atoms. The van der Waals surface area contributed by atoms with E-state index in [1.165, 1.54) is 18.2 Å². The van der Waals surface area contributed by atoms with E-state index in [9.17, 15) is 14.9 Å². The van der Waals surface area contributed by atoms with E-state index in [-0.39, 0.29) is 16.9 Å². The lowest BCUT2D eigenvalue weighted by atomic mass is 10.1. The molecule has 0 aliphatic heterocycles. The predicted octanol–water partition coefficient (Wildman–Crippen LogP) is 1.66. The Morgan fingerprint density at radius 1 is 1.47 bits per heavy atom. The fraction of sp³-hybridized carbons (Fsp3) is 0.417. The number of carboxylic acid groups (broad SMARTS) is 1. The van der Waals surface area contributed by atoms with Crippen LogP contribution < -0.4 is 5.32 Å². The standard InChI is InChI=1S/C12H17N3O4/c1-14(2)7-3-6-13-10-8-9(12(16)17)4-5-11(10)15(18)19/h4-5,8,13H,3,6-7H2,1-2H3,(H,16,17). The zero-order valence-corrected chi connectivity index (χ0v) is 10.9. The summed E-state index contributed by atoms with van der Waals surface area (Å²) in [6, 6.07) is 3.72. The van der Waals surface area contributed by atoms with Gasteiger partial charge in [-0.1, -0.05) is 0 Å². The number of anilines is 1. The van der Waals surface area contributed by atoms with Crippen molar-refractivity contribution in [3.05, 3.63) is 33.9 Å². The van der Waals surface area contributed by atoms with Crippen LogP contribution in [0.25, 0.3) is 0 Å². The van der Waals surface area contributed by atoms with Crippen molar-refractivity contribution < 1.29 is 14.8 Å². The van der Waals surface area contributed by atoms with Gasteiger partial charge in [0.25, 0.3) is 5.69 Å². The highest BCUT2D eigenvalue weighted by Crippen LogP contribution is 2.25. The van der Waals surface area contributed by atoms with Crippen LogP contribution in [0.15, 0.2) is 18.2 Å². The van der Waals surface area contributed by atoms with Crippen LogP contribution in [0.5, 0.6) is 0 Å². The number of carboxylic acids is 1. The van der Waals surface area contributed by atoms with Gasteiger partial charge in [0.2, 0.25) is 0 Å². The fourth-order valence-electron chi connectivity index (χ4n) is 1.59. The highest BCUT2D eigenvalue weighted by molar-refractivity contribution is 5.90. The number of hydrogen-bond donors (Lipinski definition) is 2. The first-order chi connectivity index (χ1) is 8.91. The monoisotopic (exact) mass is 267 g/mol. The number of nitrogens with one attached hydrogen (secondary N) is 1. The molecular weight excluding hydrogens is 250 g/mol. The molecule has 0 unspecified atom stereocenters. The summed E-state index contributed by atoms with van der Waals surface area (Å²) in [5, 5.41) is 22.6. The lowest BCUT2D eigenvalue weighted by molar-refractivity contribution is -0.384. The average molecular weight is 267 g/mol. The smallest absolute Gasteiger partial charge is 0.335 e. The maximum absolute atomic E-state index is 10.9. The largest absolute Gasteiger partial charge is 0.478 e. The Morgan fingerprint density at radius 3 is 2.68 bits per heavy atom. The number of carbonyl (C=O) groups is 1. The van der Waals surface area contributed by atoms with Gasteiger partial charge in [0.15, 0.2) is 0 Å². The summed E-state index contributed by atoms with van der Waals surface area (Å²) in [5.41, 5.74) is 0.152. The molecule has 0 bridgehead atoms. The second-order valence-electron chi connectivity index (χ2n) is 4.38. The summed E-state index contributed by atoms with van der Waals surface area (Å²) >= 11 is 0. The second kappa shape index (κ2) is 6.69. The molecule has 7 heteroatoms. The first kappa shape index (κ1) is 14.9. The van der Waals surface area contributed by atoms with Crippen LogP contribution in [0, 0.1) is 10.1 Å². The zero-order chi connectivity index (χ0) is 14.4. The number of aromatic carboxylic acids is 1. The quantitative estimate of drug-likeness (QED) is 0.443. The highest BCUT2D eigenvalue weighted by Gasteiger charge is 2.16. The van der Waals surface area contributed by atoms with E-state index < -0.39 is 10.9 Å². The first-order valence-electron chi connectivity index (χ1n) is 5.82. The lowest BCUT2D eigenvalue weighted by Gasteiger charge is -2.11. The van der Waals surface area contributed by atoms with E-state index in [1.54, 1.807) is 0 Å². The maximum atomic E-state index is 10.9. The average Bonchev–Trinajstić information content (AvgIpc) is 2.33.